The van der Waals surface area contributed by atoms with E-state index < -0.39 is 6.03 Å². The van der Waals surface area contributed by atoms with Crippen LogP contribution in [0.1, 0.15) is 11.6 Å². The second-order valence-electron chi connectivity index (χ2n) is 2.93. The van der Waals surface area contributed by atoms with Gasteiger partial charge in [-0.2, -0.15) is 0 Å². The van der Waals surface area contributed by atoms with Crippen molar-refractivity contribution in [3.8, 4) is 0 Å². The van der Waals surface area contributed by atoms with E-state index in [2.05, 4.69) is 5.32 Å². The normalized spacial score (nSPS) is 12.1. The summed E-state index contributed by atoms with van der Waals surface area (Å²) in [6.07, 6.45) is 0. The second kappa shape index (κ2) is 5.24. The highest BCUT2D eigenvalue weighted by molar-refractivity contribution is 5.72. The Kier molecular flexibility index (Phi) is 3.94. The van der Waals surface area contributed by atoms with Gasteiger partial charge in [-0.25, -0.2) is 4.79 Å². The zero-order chi connectivity index (χ0) is 10.4. The molecule has 0 heterocycles. The van der Waals surface area contributed by atoms with Crippen molar-refractivity contribution in [3.63, 3.8) is 0 Å². The molecule has 0 aliphatic carbocycles. The summed E-state index contributed by atoms with van der Waals surface area (Å²) in [7, 11) is 1.58. The molecule has 3 N–H and O–H groups in total. The summed E-state index contributed by atoms with van der Waals surface area (Å²) in [4.78, 5) is 10.7. The highest BCUT2D eigenvalue weighted by Gasteiger charge is 2.11. The predicted octanol–water partition coefficient (Wildman–Crippen LogP) is 1.04. The summed E-state index contributed by atoms with van der Waals surface area (Å²) in [5, 5.41) is 2.61. The van der Waals surface area contributed by atoms with Crippen LogP contribution in [-0.4, -0.2) is 19.7 Å². The maximum atomic E-state index is 10.7. The second-order valence-corrected chi connectivity index (χ2v) is 2.93. The Morgan fingerprint density at radius 2 is 2.14 bits per heavy atom. The summed E-state index contributed by atoms with van der Waals surface area (Å²) in [5.74, 6) is 0. The molecule has 0 aliphatic heterocycles. The average Bonchev–Trinajstić information content (AvgIpc) is 2.18. The topological polar surface area (TPSA) is 64.3 Å². The van der Waals surface area contributed by atoms with Gasteiger partial charge < -0.3 is 15.8 Å². The molecule has 4 heteroatoms. The zero-order valence-electron chi connectivity index (χ0n) is 8.07. The van der Waals surface area contributed by atoms with Crippen molar-refractivity contribution < 1.29 is 9.53 Å². The lowest BCUT2D eigenvalue weighted by molar-refractivity contribution is 0.167. The van der Waals surface area contributed by atoms with E-state index in [1.165, 1.54) is 0 Å². The van der Waals surface area contributed by atoms with Gasteiger partial charge in [-0.1, -0.05) is 30.3 Å². The standard InChI is InChI=1S/C10H14N2O2/c1-14-7-9(12-10(11)13)8-5-3-2-4-6-8/h2-6,9H,7H2,1H3,(H3,11,12,13)/t9-/m0/s1. The van der Waals surface area contributed by atoms with E-state index in [1.54, 1.807) is 7.11 Å². The van der Waals surface area contributed by atoms with Gasteiger partial charge >= 0.3 is 6.03 Å². The molecule has 2 amide bonds. The Bertz CT molecular complexity index is 287. The van der Waals surface area contributed by atoms with E-state index in [-0.39, 0.29) is 6.04 Å². The zero-order valence-corrected chi connectivity index (χ0v) is 8.07. The third-order valence-corrected chi connectivity index (χ3v) is 1.85. The number of primary amides is 1. The first kappa shape index (κ1) is 10.5. The molecule has 0 unspecified atom stereocenters. The summed E-state index contributed by atoms with van der Waals surface area (Å²) in [6.45, 7) is 0.410. The predicted molar refractivity (Wildman–Crippen MR) is 53.8 cm³/mol. The summed E-state index contributed by atoms with van der Waals surface area (Å²) >= 11 is 0. The molecule has 0 saturated carbocycles. The number of nitrogens with one attached hydrogen (secondary N) is 1. The quantitative estimate of drug-likeness (QED) is 0.752. The summed E-state index contributed by atoms with van der Waals surface area (Å²) < 4.78 is 4.99. The first-order valence-electron chi connectivity index (χ1n) is 4.34. The van der Waals surface area contributed by atoms with Gasteiger partial charge in [0.15, 0.2) is 0 Å². The van der Waals surface area contributed by atoms with Crippen molar-refractivity contribution >= 4 is 6.03 Å². The molecule has 1 aromatic carbocycles. The smallest absolute Gasteiger partial charge is 0.312 e. The highest BCUT2D eigenvalue weighted by Crippen LogP contribution is 2.11. The van der Waals surface area contributed by atoms with Crippen molar-refractivity contribution in [1.82, 2.24) is 5.32 Å². The van der Waals surface area contributed by atoms with Crippen LogP contribution < -0.4 is 11.1 Å². The minimum atomic E-state index is -0.545. The number of amides is 2. The maximum absolute atomic E-state index is 10.7. The van der Waals surface area contributed by atoms with Gasteiger partial charge in [0.1, 0.15) is 0 Å². The fourth-order valence-corrected chi connectivity index (χ4v) is 1.24. The van der Waals surface area contributed by atoms with Gasteiger partial charge in [0.05, 0.1) is 12.6 Å². The van der Waals surface area contributed by atoms with Gasteiger partial charge in [-0.05, 0) is 5.56 Å². The van der Waals surface area contributed by atoms with Crippen LogP contribution in [0, 0.1) is 0 Å². The number of ether oxygens (including phenoxy) is 1. The average molecular weight is 194 g/mol. The van der Waals surface area contributed by atoms with E-state index in [4.69, 9.17) is 10.5 Å². The van der Waals surface area contributed by atoms with Gasteiger partial charge in [0.2, 0.25) is 0 Å². The third kappa shape index (κ3) is 3.06. The molecule has 14 heavy (non-hydrogen) atoms. The van der Waals surface area contributed by atoms with Gasteiger partial charge in [-0.15, -0.1) is 0 Å². The van der Waals surface area contributed by atoms with E-state index in [9.17, 15) is 4.79 Å². The molecular formula is C10H14N2O2. The molecule has 0 spiro atoms. The first-order chi connectivity index (χ1) is 6.74. The van der Waals surface area contributed by atoms with Crippen molar-refractivity contribution in [1.29, 1.82) is 0 Å². The van der Waals surface area contributed by atoms with Crippen molar-refractivity contribution in [3.05, 3.63) is 35.9 Å². The Balaban J connectivity index is 2.72. The van der Waals surface area contributed by atoms with Gasteiger partial charge in [0, 0.05) is 7.11 Å². The molecule has 1 rings (SSSR count). The fourth-order valence-electron chi connectivity index (χ4n) is 1.24. The molecule has 0 saturated heterocycles. The number of rotatable bonds is 4. The maximum Gasteiger partial charge on any atom is 0.312 e. The van der Waals surface area contributed by atoms with Crippen molar-refractivity contribution in [2.45, 2.75) is 6.04 Å². The Morgan fingerprint density at radius 1 is 1.50 bits per heavy atom. The Morgan fingerprint density at radius 3 is 2.64 bits per heavy atom. The lowest BCUT2D eigenvalue weighted by atomic mass is 10.1. The van der Waals surface area contributed by atoms with E-state index in [0.29, 0.717) is 6.61 Å². The fraction of sp³-hybridized carbons (Fsp3) is 0.300. The molecular weight excluding hydrogens is 180 g/mol. The molecule has 0 radical (unpaired) electrons. The number of carbonyl (C=O) groups excluding carboxylic acids is 1. The van der Waals surface area contributed by atoms with E-state index in [0.717, 1.165) is 5.56 Å². The largest absolute Gasteiger partial charge is 0.382 e. The summed E-state index contributed by atoms with van der Waals surface area (Å²) in [5.41, 5.74) is 6.04. The minimum Gasteiger partial charge on any atom is -0.382 e. The molecule has 0 fully saturated rings. The van der Waals surface area contributed by atoms with Crippen LogP contribution in [0.25, 0.3) is 0 Å². The first-order valence-corrected chi connectivity index (χ1v) is 4.34. The van der Waals surface area contributed by atoms with E-state index >= 15 is 0 Å². The van der Waals surface area contributed by atoms with Gasteiger partial charge in [0.25, 0.3) is 0 Å². The van der Waals surface area contributed by atoms with Crippen LogP contribution in [0.4, 0.5) is 4.79 Å². The van der Waals surface area contributed by atoms with Crippen LogP contribution >= 0.6 is 0 Å². The number of hydrogen-bond donors (Lipinski definition) is 2. The van der Waals surface area contributed by atoms with Crippen LogP contribution in [0.3, 0.4) is 0 Å². The highest BCUT2D eigenvalue weighted by atomic mass is 16.5. The molecule has 0 aliphatic rings. The van der Waals surface area contributed by atoms with Crippen LogP contribution in [0.2, 0.25) is 0 Å². The Hall–Kier alpha value is -1.55. The number of urea groups is 1. The molecule has 4 nitrogen and oxygen atoms in total. The third-order valence-electron chi connectivity index (χ3n) is 1.85. The monoisotopic (exact) mass is 194 g/mol. The SMILES string of the molecule is COC[C@H](NC(N)=O)c1ccccc1. The number of carbonyl (C=O) groups is 1. The van der Waals surface area contributed by atoms with E-state index in [1.807, 2.05) is 30.3 Å². The lowest BCUT2D eigenvalue weighted by Crippen LogP contribution is -2.35. The number of nitrogens with two attached hydrogens (primary N) is 1. The Labute approximate surface area is 83.1 Å². The summed E-state index contributed by atoms with van der Waals surface area (Å²) in [6, 6.07) is 8.83. The number of hydrogen-bond acceptors (Lipinski definition) is 2. The van der Waals surface area contributed by atoms with Crippen LogP contribution in [0.15, 0.2) is 30.3 Å². The molecule has 1 atom stereocenters. The van der Waals surface area contributed by atoms with Crippen LogP contribution in [-0.2, 0) is 4.74 Å². The molecule has 0 bridgehead atoms. The number of benzene rings is 1. The molecule has 1 aromatic rings. The van der Waals surface area contributed by atoms with Crippen LogP contribution in [0.5, 0.6) is 0 Å². The van der Waals surface area contributed by atoms with Gasteiger partial charge in [-0.3, -0.25) is 0 Å². The van der Waals surface area contributed by atoms with Crippen molar-refractivity contribution in [2.24, 2.45) is 5.73 Å². The lowest BCUT2D eigenvalue weighted by Gasteiger charge is -2.16. The minimum absolute atomic E-state index is 0.182. The molecule has 0 aromatic heterocycles. The molecule has 76 valence electrons. The number of methoxy groups -OCH3 is 1. The van der Waals surface area contributed by atoms with Crippen molar-refractivity contribution in [2.75, 3.05) is 13.7 Å².